The van der Waals surface area contributed by atoms with E-state index in [0.29, 0.717) is 19.1 Å². The molecule has 2 saturated heterocycles. The first-order chi connectivity index (χ1) is 15.8. The van der Waals surface area contributed by atoms with E-state index in [9.17, 15) is 0 Å². The van der Waals surface area contributed by atoms with Crippen LogP contribution in [0.4, 0.5) is 5.82 Å². The van der Waals surface area contributed by atoms with Crippen molar-refractivity contribution in [2.24, 2.45) is 0 Å². The molecule has 4 aromatic rings. The van der Waals surface area contributed by atoms with Gasteiger partial charge >= 0.3 is 0 Å². The van der Waals surface area contributed by atoms with Crippen molar-refractivity contribution < 1.29 is 9.47 Å². The molecule has 0 N–H and O–H groups in total. The number of anilines is 1. The summed E-state index contributed by atoms with van der Waals surface area (Å²) >= 11 is 0. The van der Waals surface area contributed by atoms with Crippen LogP contribution < -0.4 is 4.90 Å². The zero-order chi connectivity index (χ0) is 21.3. The van der Waals surface area contributed by atoms with Crippen molar-refractivity contribution in [1.82, 2.24) is 24.4 Å². The van der Waals surface area contributed by atoms with Crippen molar-refractivity contribution >= 4 is 11.5 Å². The second-order valence-electron chi connectivity index (χ2n) is 8.31. The Morgan fingerprint density at radius 2 is 1.62 bits per heavy atom. The van der Waals surface area contributed by atoms with Crippen molar-refractivity contribution in [2.75, 3.05) is 44.4 Å². The van der Waals surface area contributed by atoms with E-state index in [1.807, 2.05) is 39.7 Å². The van der Waals surface area contributed by atoms with Gasteiger partial charge in [-0.05, 0) is 18.9 Å². The van der Waals surface area contributed by atoms with Crippen LogP contribution in [0.3, 0.4) is 0 Å². The van der Waals surface area contributed by atoms with E-state index < -0.39 is 0 Å². The molecule has 0 spiro atoms. The van der Waals surface area contributed by atoms with Gasteiger partial charge in [-0.25, -0.2) is 9.67 Å². The number of hydrogen-bond acceptors (Lipinski definition) is 6. The third-order valence-electron chi connectivity index (χ3n) is 6.28. The highest BCUT2D eigenvalue weighted by Crippen LogP contribution is 2.29. The molecule has 0 radical (unpaired) electrons. The van der Waals surface area contributed by atoms with Crippen molar-refractivity contribution in [3.05, 3.63) is 60.4 Å². The summed E-state index contributed by atoms with van der Waals surface area (Å²) in [5.74, 6) is 2.24. The van der Waals surface area contributed by atoms with Crippen molar-refractivity contribution in [1.29, 1.82) is 0 Å². The second-order valence-corrected chi connectivity index (χ2v) is 8.31. The first-order valence-electron chi connectivity index (χ1n) is 11.3. The number of benzene rings is 1. The highest BCUT2D eigenvalue weighted by Gasteiger charge is 2.23. The van der Waals surface area contributed by atoms with E-state index in [2.05, 4.69) is 29.2 Å². The topological polar surface area (TPSA) is 69.7 Å². The quantitative estimate of drug-likeness (QED) is 0.495. The van der Waals surface area contributed by atoms with Gasteiger partial charge in [-0.1, -0.05) is 30.3 Å². The van der Waals surface area contributed by atoms with Gasteiger partial charge in [-0.3, -0.25) is 0 Å². The Balaban J connectivity index is 1.43. The predicted molar refractivity (Wildman–Crippen MR) is 121 cm³/mol. The first kappa shape index (κ1) is 19.5. The molecule has 0 bridgehead atoms. The number of aromatic nitrogens is 5. The van der Waals surface area contributed by atoms with Gasteiger partial charge in [-0.2, -0.15) is 14.7 Å². The summed E-state index contributed by atoms with van der Waals surface area (Å²) < 4.78 is 15.0. The van der Waals surface area contributed by atoms with E-state index in [0.717, 1.165) is 73.4 Å². The third kappa shape index (κ3) is 3.65. The Morgan fingerprint density at radius 1 is 0.844 bits per heavy atom. The summed E-state index contributed by atoms with van der Waals surface area (Å²) in [4.78, 5) is 7.26. The lowest BCUT2D eigenvalue weighted by Gasteiger charge is -2.29. The number of hydrogen-bond donors (Lipinski definition) is 0. The van der Waals surface area contributed by atoms with Crippen LogP contribution in [0, 0.1) is 0 Å². The summed E-state index contributed by atoms with van der Waals surface area (Å²) in [5, 5.41) is 9.79. The van der Waals surface area contributed by atoms with Crippen molar-refractivity contribution in [2.45, 2.75) is 18.8 Å². The highest BCUT2D eigenvalue weighted by atomic mass is 16.5. The third-order valence-corrected chi connectivity index (χ3v) is 6.28. The van der Waals surface area contributed by atoms with Gasteiger partial charge in [0.1, 0.15) is 5.82 Å². The average Bonchev–Trinajstić information content (AvgIpc) is 3.53. The number of morpholine rings is 1. The number of ether oxygens (including phenoxy) is 2. The zero-order valence-corrected chi connectivity index (χ0v) is 17.9. The van der Waals surface area contributed by atoms with Gasteiger partial charge in [0, 0.05) is 56.1 Å². The Hall–Kier alpha value is -3.23. The van der Waals surface area contributed by atoms with Crippen LogP contribution in [-0.2, 0) is 9.47 Å². The largest absolute Gasteiger partial charge is 0.381 e. The maximum absolute atomic E-state index is 5.58. The lowest BCUT2D eigenvalue weighted by molar-refractivity contribution is 0.0844. The van der Waals surface area contributed by atoms with Crippen LogP contribution in [0.5, 0.6) is 0 Å². The smallest absolute Gasteiger partial charge is 0.160 e. The molecule has 32 heavy (non-hydrogen) atoms. The fourth-order valence-electron chi connectivity index (χ4n) is 4.51. The minimum absolute atomic E-state index is 0.417. The normalized spacial score (nSPS) is 17.8. The summed E-state index contributed by atoms with van der Waals surface area (Å²) in [6.07, 6.45) is 3.98. The summed E-state index contributed by atoms with van der Waals surface area (Å²) in [5.41, 5.74) is 3.96. The predicted octanol–water partition coefficient (Wildman–Crippen LogP) is 3.31. The molecule has 2 fully saturated rings. The molecule has 0 unspecified atom stereocenters. The van der Waals surface area contributed by atoms with Gasteiger partial charge in [0.2, 0.25) is 0 Å². The fraction of sp³-hybridized carbons (Fsp3) is 0.375. The molecule has 5 heterocycles. The number of rotatable bonds is 4. The molecule has 2 aliphatic rings. The maximum Gasteiger partial charge on any atom is 0.160 e. The van der Waals surface area contributed by atoms with Crippen LogP contribution in [0.1, 0.15) is 24.5 Å². The molecular weight excluding hydrogens is 404 g/mol. The molecule has 0 saturated carbocycles. The average molecular weight is 431 g/mol. The minimum atomic E-state index is 0.417. The lowest BCUT2D eigenvalue weighted by atomic mass is 9.97. The highest BCUT2D eigenvalue weighted by molar-refractivity contribution is 5.60. The molecule has 2 aliphatic heterocycles. The van der Waals surface area contributed by atoms with E-state index in [1.54, 1.807) is 0 Å². The number of nitrogens with zero attached hydrogens (tertiary/aromatic N) is 6. The van der Waals surface area contributed by atoms with E-state index in [-0.39, 0.29) is 0 Å². The fourth-order valence-corrected chi connectivity index (χ4v) is 4.51. The van der Waals surface area contributed by atoms with Crippen molar-refractivity contribution in [3.63, 3.8) is 0 Å². The number of fused-ring (bicyclic) bond motifs is 1. The second kappa shape index (κ2) is 8.37. The Bertz CT molecular complexity index is 1210. The molecule has 8 nitrogen and oxygen atoms in total. The van der Waals surface area contributed by atoms with Crippen LogP contribution in [0.15, 0.2) is 54.7 Å². The van der Waals surface area contributed by atoms with E-state index in [4.69, 9.17) is 24.7 Å². The van der Waals surface area contributed by atoms with Gasteiger partial charge in [0.25, 0.3) is 0 Å². The molecule has 6 rings (SSSR count). The van der Waals surface area contributed by atoms with Gasteiger partial charge in [0.05, 0.1) is 24.6 Å². The van der Waals surface area contributed by atoms with Crippen LogP contribution in [-0.4, -0.2) is 63.9 Å². The monoisotopic (exact) mass is 430 g/mol. The molecular formula is C24H26N6O2. The van der Waals surface area contributed by atoms with Crippen LogP contribution in [0.2, 0.25) is 0 Å². The lowest BCUT2D eigenvalue weighted by Crippen LogP contribution is -2.37. The summed E-state index contributed by atoms with van der Waals surface area (Å²) in [6.45, 7) is 4.69. The molecule has 8 heteroatoms. The first-order valence-corrected chi connectivity index (χ1v) is 11.3. The molecule has 1 aromatic carbocycles. The molecule has 0 amide bonds. The summed E-state index contributed by atoms with van der Waals surface area (Å²) in [7, 11) is 0. The SMILES string of the molecule is c1ccc(-c2ccn(-c3cc(N4CCOCC4)n4nc(C5CCOCC5)cc4n3)n2)cc1. The van der Waals surface area contributed by atoms with Gasteiger partial charge in [-0.15, -0.1) is 0 Å². The van der Waals surface area contributed by atoms with E-state index in [1.165, 1.54) is 0 Å². The molecule has 3 aromatic heterocycles. The van der Waals surface area contributed by atoms with Gasteiger partial charge in [0.15, 0.2) is 11.5 Å². The Kier molecular flexibility index (Phi) is 5.09. The van der Waals surface area contributed by atoms with E-state index >= 15 is 0 Å². The Morgan fingerprint density at radius 3 is 2.44 bits per heavy atom. The molecule has 164 valence electrons. The van der Waals surface area contributed by atoms with Crippen LogP contribution >= 0.6 is 0 Å². The minimum Gasteiger partial charge on any atom is -0.381 e. The Labute approximate surface area is 186 Å². The zero-order valence-electron chi connectivity index (χ0n) is 17.9. The van der Waals surface area contributed by atoms with Crippen molar-refractivity contribution in [3.8, 4) is 17.1 Å². The van der Waals surface area contributed by atoms with Crippen LogP contribution in [0.25, 0.3) is 22.7 Å². The summed E-state index contributed by atoms with van der Waals surface area (Å²) in [6, 6.07) is 16.4. The van der Waals surface area contributed by atoms with Gasteiger partial charge < -0.3 is 14.4 Å². The maximum atomic E-state index is 5.58. The molecule has 0 atom stereocenters. The molecule has 0 aliphatic carbocycles. The standard InChI is InChI=1S/C24H26N6O2/c1-2-4-18(5-3-1)20-6-9-29(26-20)22-17-24(28-10-14-32-15-11-28)30-23(25-22)16-21(27-30)19-7-12-31-13-8-19/h1-6,9,16-17,19H,7-8,10-15H2.